The van der Waals surface area contributed by atoms with E-state index in [0.717, 1.165) is 252 Å². The van der Waals surface area contributed by atoms with Gasteiger partial charge < -0.3 is 0 Å². The molecular formula is C144H112N6. The van der Waals surface area contributed by atoms with Crippen LogP contribution in [0.5, 0.6) is 0 Å². The highest BCUT2D eigenvalue weighted by atomic mass is 14.8. The predicted octanol–water partition coefficient (Wildman–Crippen LogP) is 38.5. The Morgan fingerprint density at radius 3 is 0.600 bits per heavy atom. The van der Waals surface area contributed by atoms with E-state index in [4.69, 9.17) is 29.9 Å². The summed E-state index contributed by atoms with van der Waals surface area (Å²) < 4.78 is 0. The Morgan fingerprint density at radius 2 is 0.320 bits per heavy atom. The fourth-order valence-corrected chi connectivity index (χ4v) is 21.8. The maximum atomic E-state index is 5.27. The molecule has 18 aromatic carbocycles. The molecule has 5 aromatic heterocycles. The third-order valence-corrected chi connectivity index (χ3v) is 29.3. The first-order chi connectivity index (χ1) is 74.2. The lowest BCUT2D eigenvalue weighted by Crippen LogP contribution is -1.97. The third-order valence-electron chi connectivity index (χ3n) is 29.3. The summed E-state index contributed by atoms with van der Waals surface area (Å²) in [5, 5.41) is 0. The average molecular weight is 1930 g/mol. The number of pyridine rings is 4. The van der Waals surface area contributed by atoms with E-state index in [9.17, 15) is 0 Å². The average Bonchev–Trinajstić information content (AvgIpc) is 0.749. The van der Waals surface area contributed by atoms with E-state index in [2.05, 4.69) is 532 Å². The third kappa shape index (κ3) is 20.1. The largest absolute Gasteiger partial charge is 0.256 e. The molecule has 23 rings (SSSR count). The first-order valence-electron chi connectivity index (χ1n) is 52.7. The molecule has 0 aliphatic rings. The van der Waals surface area contributed by atoms with Crippen LogP contribution >= 0.6 is 0 Å². The molecule has 150 heavy (non-hydrogen) atoms. The van der Waals surface area contributed by atoms with Gasteiger partial charge in [-0.25, -0.2) is 9.97 Å². The van der Waals surface area contributed by atoms with Crippen LogP contribution in [0.4, 0.5) is 0 Å². The number of nitrogens with zero attached hydrogens (tertiary/aromatic N) is 6. The summed E-state index contributed by atoms with van der Waals surface area (Å²) in [5.74, 6) is 0. The zero-order valence-electron chi connectivity index (χ0n) is 84.8. The van der Waals surface area contributed by atoms with Crippen molar-refractivity contribution in [1.29, 1.82) is 0 Å². The van der Waals surface area contributed by atoms with Crippen LogP contribution in [-0.4, -0.2) is 29.9 Å². The van der Waals surface area contributed by atoms with Crippen molar-refractivity contribution in [1.82, 2.24) is 29.9 Å². The zero-order chi connectivity index (χ0) is 101. The first kappa shape index (κ1) is 95.2. The van der Waals surface area contributed by atoms with Gasteiger partial charge in [-0.15, -0.1) is 0 Å². The molecule has 0 N–H and O–H groups in total. The van der Waals surface area contributed by atoms with E-state index in [1.807, 2.05) is 0 Å². The molecule has 0 bridgehead atoms. The van der Waals surface area contributed by atoms with Crippen LogP contribution < -0.4 is 0 Å². The summed E-state index contributed by atoms with van der Waals surface area (Å²) in [6.45, 7) is 9.00. The molecular weight excluding hydrogens is 1810 g/mol. The molecule has 0 spiro atoms. The minimum absolute atomic E-state index is 0.829. The van der Waals surface area contributed by atoms with Gasteiger partial charge in [0.05, 0.1) is 34.2 Å². The van der Waals surface area contributed by atoms with Gasteiger partial charge in [-0.1, -0.05) is 466 Å². The minimum atomic E-state index is 0.829. The Labute approximate surface area is 880 Å². The predicted molar refractivity (Wildman–Crippen MR) is 629 cm³/mol. The SMILES string of the molecule is CCCc1cc(-c2ccc(-c3ccccc3-c3cc(-c4ccccc4-c4ccc(-c5cc(-c6ccc(-c7ccccc7-c7cc(-c8ccccc8)c(-c8cccc(-c9cc(CCC)c(-c%10ccccc%10)cn9)c8)c(-c8ccccc8-c8ccc(-c9cc(CCC)c(-c%10ccccc%10)cn9)cc8)c7)cc6)ncn5)cc4)cc(-c4ccccc4-c4ccc(-c5cc(CCC)c(-c6ccccc6)cn5)cc4)c3)cc2)ncc1-c1ccccc1. The second kappa shape index (κ2) is 43.9. The number of hydrogen-bond donors (Lipinski definition) is 0. The first-order valence-corrected chi connectivity index (χ1v) is 52.7. The summed E-state index contributed by atoms with van der Waals surface area (Å²) in [6.07, 6.45) is 17.9. The van der Waals surface area contributed by atoms with E-state index >= 15 is 0 Å². The van der Waals surface area contributed by atoms with Crippen LogP contribution in [0.2, 0.25) is 0 Å². The molecule has 0 aliphatic carbocycles. The van der Waals surface area contributed by atoms with Gasteiger partial charge >= 0.3 is 0 Å². The van der Waals surface area contributed by atoms with E-state index in [-0.39, 0.29) is 0 Å². The number of rotatable bonds is 30. The smallest absolute Gasteiger partial charge is 0.116 e. The number of aryl methyl sites for hydroxylation is 4. The van der Waals surface area contributed by atoms with Crippen molar-refractivity contribution in [2.45, 2.75) is 79.1 Å². The Hall–Kier alpha value is -18.4. The van der Waals surface area contributed by atoms with Crippen LogP contribution in [0.25, 0.3) is 246 Å². The molecule has 0 amide bonds. The fourth-order valence-electron chi connectivity index (χ4n) is 21.8. The summed E-state index contributed by atoms with van der Waals surface area (Å²) in [4.78, 5) is 30.6. The lowest BCUT2D eigenvalue weighted by atomic mass is 9.81. The monoisotopic (exact) mass is 1920 g/mol. The quantitative estimate of drug-likeness (QED) is 0.0446. The van der Waals surface area contributed by atoms with Crippen LogP contribution in [-0.2, 0) is 25.7 Å². The van der Waals surface area contributed by atoms with Crippen molar-refractivity contribution in [2.75, 3.05) is 0 Å². The molecule has 0 fully saturated rings. The van der Waals surface area contributed by atoms with Gasteiger partial charge in [-0.3, -0.25) is 19.9 Å². The molecule has 0 unspecified atom stereocenters. The van der Waals surface area contributed by atoms with Gasteiger partial charge in [0.25, 0.3) is 0 Å². The van der Waals surface area contributed by atoms with Crippen molar-refractivity contribution in [3.05, 3.63) is 533 Å². The lowest BCUT2D eigenvalue weighted by Gasteiger charge is -2.22. The minimum Gasteiger partial charge on any atom is -0.256 e. The molecule has 0 saturated carbocycles. The molecule has 0 radical (unpaired) electrons. The zero-order valence-corrected chi connectivity index (χ0v) is 84.8. The van der Waals surface area contributed by atoms with Gasteiger partial charge in [-0.05, 0) is 270 Å². The number of aromatic nitrogens is 6. The molecule has 0 saturated heterocycles. The van der Waals surface area contributed by atoms with Gasteiger partial charge in [0.15, 0.2) is 0 Å². The van der Waals surface area contributed by atoms with E-state index in [0.29, 0.717) is 0 Å². The number of hydrogen-bond acceptors (Lipinski definition) is 6. The van der Waals surface area contributed by atoms with Gasteiger partial charge in [-0.2, -0.15) is 0 Å². The maximum Gasteiger partial charge on any atom is 0.116 e. The van der Waals surface area contributed by atoms with E-state index < -0.39 is 0 Å². The van der Waals surface area contributed by atoms with Gasteiger partial charge in [0.2, 0.25) is 0 Å². The van der Waals surface area contributed by atoms with Crippen molar-refractivity contribution >= 4 is 0 Å². The van der Waals surface area contributed by atoms with Crippen LogP contribution in [0.1, 0.15) is 75.6 Å². The molecule has 0 aliphatic heterocycles. The highest BCUT2D eigenvalue weighted by molar-refractivity contribution is 6.04. The van der Waals surface area contributed by atoms with E-state index in [1.165, 1.54) is 66.8 Å². The molecule has 23 aromatic rings. The molecule has 5 heterocycles. The summed E-state index contributed by atoms with van der Waals surface area (Å²) in [7, 11) is 0. The molecule has 0 atom stereocenters. The molecule has 718 valence electrons. The summed E-state index contributed by atoms with van der Waals surface area (Å²) in [5.41, 5.74) is 53.2. The van der Waals surface area contributed by atoms with Crippen LogP contribution in [0, 0.1) is 0 Å². The van der Waals surface area contributed by atoms with Gasteiger partial charge in [0.1, 0.15) is 6.33 Å². The van der Waals surface area contributed by atoms with Crippen molar-refractivity contribution < 1.29 is 0 Å². The topological polar surface area (TPSA) is 77.3 Å². The van der Waals surface area contributed by atoms with Crippen molar-refractivity contribution in [3.63, 3.8) is 0 Å². The standard InChI is InChI=1S/C144H112N6/c1-5-35-112-87-138(145-92-134(112)98-41-16-10-17-42-98)107-71-61-102(62-72-107)122-51-24-28-56-127(122)118-82-119(128-57-29-25-52-123(128)103-63-73-108(74-64-103)139-88-113(36-6-2)135(93-146-139)99-43-18-11-19-44-99)84-120(83-118)129-58-30-26-53-124(129)104-65-77-110(78-66-104)142-91-143(150-96-149-142)111-79-67-105(68-80-111)125-54-27-31-59-130(125)121-85-132(97-39-14-9-15-40-97)144(117-50-34-49-116(81-117)141-90-115(38-8-4)137(95-148-141)101-47-22-13-23-48-101)133(86-121)131-60-33-32-55-126(131)106-69-75-109(76-70-106)140-89-114(37-7-3)136(94-147-140)100-45-20-12-21-46-100/h9-34,39-96H,5-8,35-38H2,1-4H3. The van der Waals surface area contributed by atoms with Crippen LogP contribution in [0.3, 0.4) is 0 Å². The Kier molecular flexibility index (Phi) is 27.9. The Bertz CT molecular complexity index is 8570. The van der Waals surface area contributed by atoms with E-state index in [1.54, 1.807) is 6.33 Å². The van der Waals surface area contributed by atoms with Crippen molar-refractivity contribution in [2.24, 2.45) is 0 Å². The maximum absolute atomic E-state index is 5.27. The van der Waals surface area contributed by atoms with Crippen molar-refractivity contribution in [3.8, 4) is 246 Å². The highest BCUT2D eigenvalue weighted by Gasteiger charge is 2.26. The number of benzene rings is 18. The lowest BCUT2D eigenvalue weighted by molar-refractivity contribution is 0.921. The van der Waals surface area contributed by atoms with Gasteiger partial charge in [0, 0.05) is 80.4 Å². The summed E-state index contributed by atoms with van der Waals surface area (Å²) >= 11 is 0. The normalized spacial score (nSPS) is 11.3. The second-order valence-electron chi connectivity index (χ2n) is 39.0. The Balaban J connectivity index is 0.578. The van der Waals surface area contributed by atoms with Crippen LogP contribution in [0.15, 0.2) is 510 Å². The highest BCUT2D eigenvalue weighted by Crippen LogP contribution is 2.51. The molecule has 6 heteroatoms. The summed E-state index contributed by atoms with van der Waals surface area (Å²) in [6, 6.07) is 175. The fraction of sp³-hybridized carbons (Fsp3) is 0.0833. The molecule has 6 nitrogen and oxygen atoms in total. The Morgan fingerprint density at radius 1 is 0.127 bits per heavy atom. The second-order valence-corrected chi connectivity index (χ2v) is 39.0.